The van der Waals surface area contributed by atoms with Crippen LogP contribution in [-0.4, -0.2) is 28.1 Å². The van der Waals surface area contributed by atoms with Crippen molar-refractivity contribution >= 4 is 34.5 Å². The standard InChI is InChI=1S/C13H16INO4/c1-13(2,3)10(12(18)19)15-11(17)7-4-5-8(14)9(16)6-7/h4-6,10,16H,1-3H3,(H,15,17)(H,18,19)/t10-/m1/s1. The molecule has 0 bridgehead atoms. The van der Waals surface area contributed by atoms with Gasteiger partial charge in [0.05, 0.1) is 3.57 Å². The second-order valence-electron chi connectivity index (χ2n) is 5.28. The quantitative estimate of drug-likeness (QED) is 0.706. The highest BCUT2D eigenvalue weighted by molar-refractivity contribution is 14.1. The third-order valence-electron chi connectivity index (χ3n) is 2.60. The van der Waals surface area contributed by atoms with Crippen LogP contribution in [0, 0.1) is 8.99 Å². The third-order valence-corrected chi connectivity index (χ3v) is 3.51. The molecule has 104 valence electrons. The molecule has 5 nitrogen and oxygen atoms in total. The van der Waals surface area contributed by atoms with Gasteiger partial charge >= 0.3 is 5.97 Å². The zero-order valence-electron chi connectivity index (χ0n) is 10.9. The summed E-state index contributed by atoms with van der Waals surface area (Å²) in [6.45, 7) is 5.20. The zero-order valence-corrected chi connectivity index (χ0v) is 13.1. The van der Waals surface area contributed by atoms with Crippen molar-refractivity contribution < 1.29 is 19.8 Å². The molecule has 0 aliphatic heterocycles. The fourth-order valence-electron chi connectivity index (χ4n) is 1.52. The van der Waals surface area contributed by atoms with Crippen LogP contribution in [0.4, 0.5) is 0 Å². The van der Waals surface area contributed by atoms with Crippen molar-refractivity contribution in [1.82, 2.24) is 5.32 Å². The molecule has 0 aliphatic rings. The molecule has 1 rings (SSSR count). The summed E-state index contributed by atoms with van der Waals surface area (Å²) in [6, 6.07) is 3.45. The molecule has 0 aliphatic carbocycles. The van der Waals surface area contributed by atoms with Crippen LogP contribution in [0.15, 0.2) is 18.2 Å². The van der Waals surface area contributed by atoms with Crippen LogP contribution in [-0.2, 0) is 4.79 Å². The maximum atomic E-state index is 12.0. The molecule has 1 atom stereocenters. The Bertz CT molecular complexity index is 508. The van der Waals surface area contributed by atoms with Crippen molar-refractivity contribution in [2.24, 2.45) is 5.41 Å². The minimum absolute atomic E-state index is 0.00381. The van der Waals surface area contributed by atoms with Gasteiger partial charge in [0.15, 0.2) is 0 Å². The zero-order chi connectivity index (χ0) is 14.8. The summed E-state index contributed by atoms with van der Waals surface area (Å²) in [5.41, 5.74) is -0.374. The topological polar surface area (TPSA) is 86.6 Å². The van der Waals surface area contributed by atoms with Gasteiger partial charge in [-0.15, -0.1) is 0 Å². The lowest BCUT2D eigenvalue weighted by Crippen LogP contribution is -2.49. The lowest BCUT2D eigenvalue weighted by atomic mass is 9.86. The normalized spacial score (nSPS) is 12.8. The summed E-state index contributed by atoms with van der Waals surface area (Å²) in [4.78, 5) is 23.2. The molecule has 0 unspecified atom stereocenters. The van der Waals surface area contributed by atoms with Crippen LogP contribution in [0.5, 0.6) is 5.75 Å². The summed E-state index contributed by atoms with van der Waals surface area (Å²) in [5.74, 6) is -1.61. The lowest BCUT2D eigenvalue weighted by Gasteiger charge is -2.27. The van der Waals surface area contributed by atoms with Gasteiger partial charge in [0.1, 0.15) is 11.8 Å². The predicted octanol–water partition coefficient (Wildman–Crippen LogP) is 2.23. The molecule has 0 saturated carbocycles. The molecule has 0 heterocycles. The molecule has 0 saturated heterocycles. The summed E-state index contributed by atoms with van der Waals surface area (Å²) in [5, 5.41) is 21.2. The number of nitrogens with one attached hydrogen (secondary N) is 1. The Morgan fingerprint density at radius 3 is 2.32 bits per heavy atom. The van der Waals surface area contributed by atoms with Crippen LogP contribution in [0.25, 0.3) is 0 Å². The Hall–Kier alpha value is -1.31. The van der Waals surface area contributed by atoms with E-state index in [1.54, 1.807) is 32.9 Å². The number of carboxylic acids is 1. The van der Waals surface area contributed by atoms with E-state index < -0.39 is 23.3 Å². The Morgan fingerprint density at radius 2 is 1.89 bits per heavy atom. The van der Waals surface area contributed by atoms with Crippen molar-refractivity contribution in [1.29, 1.82) is 0 Å². The van der Waals surface area contributed by atoms with E-state index in [0.717, 1.165) is 0 Å². The summed E-state index contributed by atoms with van der Waals surface area (Å²) >= 11 is 1.94. The number of carboxylic acid groups (broad SMARTS) is 1. The van der Waals surface area contributed by atoms with Gasteiger partial charge in [0.25, 0.3) is 5.91 Å². The van der Waals surface area contributed by atoms with Crippen molar-refractivity contribution in [3.05, 3.63) is 27.3 Å². The summed E-state index contributed by atoms with van der Waals surface area (Å²) in [7, 11) is 0. The van der Waals surface area contributed by atoms with Gasteiger partial charge in [-0.2, -0.15) is 0 Å². The maximum Gasteiger partial charge on any atom is 0.326 e. The number of rotatable bonds is 3. The molecule has 0 spiro atoms. The first-order valence-corrected chi connectivity index (χ1v) is 6.73. The first-order valence-electron chi connectivity index (χ1n) is 5.65. The second kappa shape index (κ2) is 5.77. The van der Waals surface area contributed by atoms with Crippen LogP contribution in [0.1, 0.15) is 31.1 Å². The predicted molar refractivity (Wildman–Crippen MR) is 79.2 cm³/mol. The molecular formula is C13H16INO4. The number of carbonyl (C=O) groups is 2. The molecule has 1 aromatic rings. The van der Waals surface area contributed by atoms with Crippen LogP contribution in [0.2, 0.25) is 0 Å². The molecule has 0 aromatic heterocycles. The van der Waals surface area contributed by atoms with Gasteiger partial charge in [-0.1, -0.05) is 20.8 Å². The highest BCUT2D eigenvalue weighted by Crippen LogP contribution is 2.22. The first kappa shape index (κ1) is 15.7. The van der Waals surface area contributed by atoms with Crippen molar-refractivity contribution in [2.75, 3.05) is 0 Å². The Morgan fingerprint density at radius 1 is 1.32 bits per heavy atom. The monoisotopic (exact) mass is 377 g/mol. The van der Waals surface area contributed by atoms with E-state index in [-0.39, 0.29) is 11.3 Å². The van der Waals surface area contributed by atoms with Crippen LogP contribution >= 0.6 is 22.6 Å². The summed E-state index contributed by atoms with van der Waals surface area (Å²) < 4.78 is 0.625. The molecule has 19 heavy (non-hydrogen) atoms. The fraction of sp³-hybridized carbons (Fsp3) is 0.385. The number of aliphatic carboxylic acids is 1. The Balaban J connectivity index is 2.94. The number of carbonyl (C=O) groups excluding carboxylic acids is 1. The maximum absolute atomic E-state index is 12.0. The number of amides is 1. The number of aromatic hydroxyl groups is 1. The smallest absolute Gasteiger partial charge is 0.326 e. The molecule has 0 fully saturated rings. The van der Waals surface area contributed by atoms with E-state index in [9.17, 15) is 14.7 Å². The SMILES string of the molecule is CC(C)(C)[C@H](NC(=O)c1ccc(I)c(O)c1)C(=O)O. The second-order valence-corrected chi connectivity index (χ2v) is 6.44. The van der Waals surface area contributed by atoms with E-state index in [2.05, 4.69) is 5.32 Å². The van der Waals surface area contributed by atoms with Crippen LogP contribution < -0.4 is 5.32 Å². The molecule has 1 aromatic carbocycles. The van der Waals surface area contributed by atoms with Crippen molar-refractivity contribution in [3.8, 4) is 5.75 Å². The average molecular weight is 377 g/mol. The van der Waals surface area contributed by atoms with Crippen LogP contribution in [0.3, 0.4) is 0 Å². The number of halogens is 1. The van der Waals surface area contributed by atoms with E-state index >= 15 is 0 Å². The van der Waals surface area contributed by atoms with Gasteiger partial charge in [-0.25, -0.2) is 4.79 Å². The highest BCUT2D eigenvalue weighted by Gasteiger charge is 2.32. The number of hydrogen-bond donors (Lipinski definition) is 3. The van der Waals surface area contributed by atoms with E-state index in [0.29, 0.717) is 3.57 Å². The largest absolute Gasteiger partial charge is 0.507 e. The minimum atomic E-state index is -1.09. The lowest BCUT2D eigenvalue weighted by molar-refractivity contribution is -0.142. The van der Waals surface area contributed by atoms with Crippen molar-refractivity contribution in [3.63, 3.8) is 0 Å². The first-order chi connectivity index (χ1) is 8.62. The van der Waals surface area contributed by atoms with Gasteiger partial charge < -0.3 is 15.5 Å². The Kier molecular flexibility index (Phi) is 4.78. The van der Waals surface area contributed by atoms with E-state index in [4.69, 9.17) is 5.11 Å². The number of phenolic OH excluding ortho intramolecular Hbond substituents is 1. The van der Waals surface area contributed by atoms with Crippen molar-refractivity contribution in [2.45, 2.75) is 26.8 Å². The fourth-order valence-corrected chi connectivity index (χ4v) is 1.85. The van der Waals surface area contributed by atoms with Gasteiger partial charge in [0.2, 0.25) is 0 Å². The van der Waals surface area contributed by atoms with E-state index in [1.807, 2.05) is 22.6 Å². The number of hydrogen-bond acceptors (Lipinski definition) is 3. The molecule has 1 amide bonds. The van der Waals surface area contributed by atoms with Gasteiger partial charge in [0, 0.05) is 5.56 Å². The molecular weight excluding hydrogens is 361 g/mol. The molecule has 3 N–H and O–H groups in total. The van der Waals surface area contributed by atoms with E-state index in [1.165, 1.54) is 6.07 Å². The summed E-state index contributed by atoms with van der Waals surface area (Å²) in [6.07, 6.45) is 0. The minimum Gasteiger partial charge on any atom is -0.507 e. The number of benzene rings is 1. The highest BCUT2D eigenvalue weighted by atomic mass is 127. The van der Waals surface area contributed by atoms with Gasteiger partial charge in [-0.05, 0) is 46.2 Å². The average Bonchev–Trinajstić information content (AvgIpc) is 2.27. The molecule has 6 heteroatoms. The third kappa shape index (κ3) is 4.09. The number of phenols is 1. The molecule has 0 radical (unpaired) electrons. The Labute approximate surface area is 125 Å². The van der Waals surface area contributed by atoms with Gasteiger partial charge in [-0.3, -0.25) is 4.79 Å².